The van der Waals surface area contributed by atoms with Crippen LogP contribution < -0.4 is 4.74 Å². The first kappa shape index (κ1) is 17.0. The lowest BCUT2D eigenvalue weighted by Crippen LogP contribution is -2.32. The molecular formula is C20H21FN2O3. The van der Waals surface area contributed by atoms with Gasteiger partial charge in [-0.1, -0.05) is 6.07 Å². The molecular weight excluding hydrogens is 335 g/mol. The lowest BCUT2D eigenvalue weighted by Gasteiger charge is -2.29. The molecule has 5 nitrogen and oxygen atoms in total. The fraction of sp³-hybridized carbons (Fsp3) is 0.400. The molecule has 6 heteroatoms. The summed E-state index contributed by atoms with van der Waals surface area (Å²) in [4.78, 5) is 11.2. The van der Waals surface area contributed by atoms with Gasteiger partial charge in [-0.2, -0.15) is 5.10 Å². The highest BCUT2D eigenvalue weighted by Crippen LogP contribution is 2.34. The largest absolute Gasteiger partial charge is 0.488 e. The summed E-state index contributed by atoms with van der Waals surface area (Å²) in [5.74, 6) is -0.267. The van der Waals surface area contributed by atoms with E-state index in [0.717, 1.165) is 31.4 Å². The minimum atomic E-state index is -0.557. The molecule has 1 fully saturated rings. The number of benzene rings is 1. The van der Waals surface area contributed by atoms with Gasteiger partial charge in [0.05, 0.1) is 30.5 Å². The Hall–Kier alpha value is -2.47. The summed E-state index contributed by atoms with van der Waals surface area (Å²) in [6, 6.07) is 6.78. The van der Waals surface area contributed by atoms with Gasteiger partial charge in [0.1, 0.15) is 18.2 Å². The third kappa shape index (κ3) is 3.17. The van der Waals surface area contributed by atoms with Crippen molar-refractivity contribution in [2.24, 2.45) is 0 Å². The Kier molecular flexibility index (Phi) is 4.84. The van der Waals surface area contributed by atoms with Crippen molar-refractivity contribution in [2.75, 3.05) is 19.8 Å². The van der Waals surface area contributed by atoms with Crippen molar-refractivity contribution in [1.82, 2.24) is 9.78 Å². The fourth-order valence-electron chi connectivity index (χ4n) is 3.57. The van der Waals surface area contributed by atoms with Gasteiger partial charge >= 0.3 is 0 Å². The standard InChI is InChI=1S/C20H21FN2O3/c21-18-6-3-7-20(17(18)10-24)26-11-14-4-1-2-5-16(14)19-8-9-22-23(19)15-12-25-13-15/h3,6-10,15H,1-2,4-5,11-13H2. The molecule has 1 aliphatic heterocycles. The van der Waals surface area contributed by atoms with Crippen molar-refractivity contribution in [3.63, 3.8) is 0 Å². The molecule has 1 aromatic heterocycles. The molecule has 0 N–H and O–H groups in total. The molecule has 0 atom stereocenters. The molecule has 0 unspecified atom stereocenters. The van der Waals surface area contributed by atoms with E-state index in [0.29, 0.717) is 37.9 Å². The van der Waals surface area contributed by atoms with E-state index >= 15 is 0 Å². The summed E-state index contributed by atoms with van der Waals surface area (Å²) in [5.41, 5.74) is 3.54. The lowest BCUT2D eigenvalue weighted by atomic mass is 9.90. The van der Waals surface area contributed by atoms with Crippen LogP contribution in [-0.4, -0.2) is 35.9 Å². The maximum atomic E-state index is 13.8. The van der Waals surface area contributed by atoms with Crippen molar-refractivity contribution in [3.8, 4) is 5.75 Å². The van der Waals surface area contributed by atoms with Crippen LogP contribution in [-0.2, 0) is 4.74 Å². The van der Waals surface area contributed by atoms with Crippen LogP contribution in [0.1, 0.15) is 47.8 Å². The molecule has 26 heavy (non-hydrogen) atoms. The molecule has 0 radical (unpaired) electrons. The van der Waals surface area contributed by atoms with Crippen molar-refractivity contribution in [2.45, 2.75) is 31.7 Å². The smallest absolute Gasteiger partial charge is 0.156 e. The maximum Gasteiger partial charge on any atom is 0.156 e. The average molecular weight is 356 g/mol. The Labute approximate surface area is 151 Å². The highest BCUT2D eigenvalue weighted by molar-refractivity contribution is 5.79. The monoisotopic (exact) mass is 356 g/mol. The molecule has 0 saturated carbocycles. The minimum absolute atomic E-state index is 0.0258. The van der Waals surface area contributed by atoms with Gasteiger partial charge in [0.25, 0.3) is 0 Å². The molecule has 2 aromatic rings. The first-order valence-corrected chi connectivity index (χ1v) is 8.97. The molecule has 2 aliphatic rings. The summed E-state index contributed by atoms with van der Waals surface area (Å²) in [5, 5.41) is 4.47. The number of halogens is 1. The Morgan fingerprint density at radius 3 is 2.88 bits per heavy atom. The Morgan fingerprint density at radius 2 is 2.12 bits per heavy atom. The van der Waals surface area contributed by atoms with E-state index in [1.165, 1.54) is 17.2 Å². The number of ether oxygens (including phenoxy) is 2. The van der Waals surface area contributed by atoms with E-state index in [9.17, 15) is 9.18 Å². The van der Waals surface area contributed by atoms with Crippen molar-refractivity contribution >= 4 is 11.9 Å². The number of nitrogens with zero attached hydrogens (tertiary/aromatic N) is 2. The number of aromatic nitrogens is 2. The topological polar surface area (TPSA) is 53.3 Å². The number of hydrogen-bond acceptors (Lipinski definition) is 4. The van der Waals surface area contributed by atoms with Crippen LogP contribution in [0.5, 0.6) is 5.75 Å². The number of hydrogen-bond donors (Lipinski definition) is 0. The second-order valence-electron chi connectivity index (χ2n) is 6.70. The highest BCUT2D eigenvalue weighted by atomic mass is 19.1. The lowest BCUT2D eigenvalue weighted by molar-refractivity contribution is -0.0290. The van der Waals surface area contributed by atoms with Crippen LogP contribution >= 0.6 is 0 Å². The molecule has 4 rings (SSSR count). The Bertz CT molecular complexity index is 839. The number of rotatable bonds is 6. The second kappa shape index (κ2) is 7.41. The van der Waals surface area contributed by atoms with E-state index in [1.807, 2.05) is 16.9 Å². The second-order valence-corrected chi connectivity index (χ2v) is 6.70. The predicted molar refractivity (Wildman–Crippen MR) is 94.8 cm³/mol. The summed E-state index contributed by atoms with van der Waals surface area (Å²) in [7, 11) is 0. The van der Waals surface area contributed by atoms with E-state index in [4.69, 9.17) is 9.47 Å². The van der Waals surface area contributed by atoms with Crippen LogP contribution in [0.25, 0.3) is 5.57 Å². The fourth-order valence-corrected chi connectivity index (χ4v) is 3.57. The van der Waals surface area contributed by atoms with E-state index in [2.05, 4.69) is 5.10 Å². The van der Waals surface area contributed by atoms with Gasteiger partial charge in [-0.25, -0.2) is 4.39 Å². The van der Waals surface area contributed by atoms with Gasteiger partial charge in [0.2, 0.25) is 0 Å². The number of carbonyl (C=O) groups is 1. The molecule has 1 saturated heterocycles. The zero-order chi connectivity index (χ0) is 17.9. The molecule has 1 aliphatic carbocycles. The van der Waals surface area contributed by atoms with Crippen LogP contribution in [0, 0.1) is 5.82 Å². The predicted octanol–water partition coefficient (Wildman–Crippen LogP) is 3.81. The van der Waals surface area contributed by atoms with E-state index in [1.54, 1.807) is 12.1 Å². The average Bonchev–Trinajstić information content (AvgIpc) is 3.07. The van der Waals surface area contributed by atoms with Crippen LogP contribution in [0.2, 0.25) is 0 Å². The molecule has 136 valence electrons. The SMILES string of the molecule is O=Cc1c(F)cccc1OCC1=C(c2ccnn2C2COC2)CCCC1. The normalized spacial score (nSPS) is 17.9. The summed E-state index contributed by atoms with van der Waals surface area (Å²) in [6.07, 6.45) is 6.48. The van der Waals surface area contributed by atoms with Gasteiger partial charge < -0.3 is 9.47 Å². The molecule has 0 bridgehead atoms. The molecule has 0 spiro atoms. The van der Waals surface area contributed by atoms with Gasteiger partial charge in [0.15, 0.2) is 6.29 Å². The van der Waals surface area contributed by atoms with Crippen molar-refractivity contribution in [3.05, 3.63) is 53.1 Å². The van der Waals surface area contributed by atoms with Gasteiger partial charge in [-0.3, -0.25) is 9.48 Å². The van der Waals surface area contributed by atoms with Crippen LogP contribution in [0.4, 0.5) is 4.39 Å². The quantitative estimate of drug-likeness (QED) is 0.739. The van der Waals surface area contributed by atoms with E-state index in [-0.39, 0.29) is 5.56 Å². The van der Waals surface area contributed by atoms with Crippen LogP contribution in [0.15, 0.2) is 36.0 Å². The number of aldehydes is 1. The Morgan fingerprint density at radius 1 is 1.27 bits per heavy atom. The van der Waals surface area contributed by atoms with Gasteiger partial charge in [-0.05, 0) is 55.0 Å². The molecule has 0 amide bonds. The Balaban J connectivity index is 1.60. The third-order valence-electron chi connectivity index (χ3n) is 5.06. The third-order valence-corrected chi connectivity index (χ3v) is 5.06. The first-order valence-electron chi connectivity index (χ1n) is 8.97. The number of carbonyl (C=O) groups excluding carboxylic acids is 1. The number of allylic oxidation sites excluding steroid dienone is 1. The maximum absolute atomic E-state index is 13.8. The first-order chi connectivity index (χ1) is 12.8. The summed E-state index contributed by atoms with van der Waals surface area (Å²) < 4.78 is 26.9. The zero-order valence-corrected chi connectivity index (χ0v) is 14.5. The van der Waals surface area contributed by atoms with Crippen molar-refractivity contribution < 1.29 is 18.7 Å². The van der Waals surface area contributed by atoms with Gasteiger partial charge in [0, 0.05) is 6.20 Å². The van der Waals surface area contributed by atoms with E-state index < -0.39 is 5.82 Å². The zero-order valence-electron chi connectivity index (χ0n) is 14.5. The van der Waals surface area contributed by atoms with Gasteiger partial charge in [-0.15, -0.1) is 0 Å². The van der Waals surface area contributed by atoms with Crippen LogP contribution in [0.3, 0.4) is 0 Å². The summed E-state index contributed by atoms with van der Waals surface area (Å²) >= 11 is 0. The summed E-state index contributed by atoms with van der Waals surface area (Å²) in [6.45, 7) is 1.74. The van der Waals surface area contributed by atoms with Crippen molar-refractivity contribution in [1.29, 1.82) is 0 Å². The minimum Gasteiger partial charge on any atom is -0.488 e. The molecule has 2 heterocycles. The molecule has 1 aromatic carbocycles. The highest BCUT2D eigenvalue weighted by Gasteiger charge is 2.26.